The smallest absolute Gasteiger partial charge is 0.258 e. The highest BCUT2D eigenvalue weighted by molar-refractivity contribution is 5.97. The van der Waals surface area contributed by atoms with E-state index in [1.807, 2.05) is 23.2 Å². The van der Waals surface area contributed by atoms with E-state index in [-0.39, 0.29) is 11.9 Å². The predicted octanol–water partition coefficient (Wildman–Crippen LogP) is 3.86. The van der Waals surface area contributed by atoms with Crippen molar-refractivity contribution in [1.82, 2.24) is 20.1 Å². The quantitative estimate of drug-likeness (QED) is 0.713. The molecule has 0 radical (unpaired) electrons. The largest absolute Gasteiger partial charge is 0.497 e. The SMILES string of the molecule is COc1ccc(OC)c(C(=O)N2CCCCC2c2[nH]ncc2-c2ccncc2)c1. The molecule has 1 N–H and O–H groups in total. The maximum Gasteiger partial charge on any atom is 0.258 e. The number of rotatable bonds is 5. The monoisotopic (exact) mass is 392 g/mol. The Kier molecular flexibility index (Phi) is 5.46. The Labute approximate surface area is 169 Å². The Morgan fingerprint density at radius 3 is 2.72 bits per heavy atom. The molecule has 2 aromatic heterocycles. The minimum atomic E-state index is -0.0853. The van der Waals surface area contributed by atoms with Crippen molar-refractivity contribution in [2.45, 2.75) is 25.3 Å². The second-order valence-electron chi connectivity index (χ2n) is 7.01. The number of likely N-dealkylation sites (tertiary alicyclic amines) is 1. The molecule has 0 aliphatic carbocycles. The van der Waals surface area contributed by atoms with Crippen molar-refractivity contribution < 1.29 is 14.3 Å². The summed E-state index contributed by atoms with van der Waals surface area (Å²) >= 11 is 0. The lowest BCUT2D eigenvalue weighted by Crippen LogP contribution is -2.39. The number of piperidine rings is 1. The van der Waals surface area contributed by atoms with Crippen LogP contribution in [0.5, 0.6) is 11.5 Å². The van der Waals surface area contributed by atoms with Crippen molar-refractivity contribution in [2.24, 2.45) is 0 Å². The first-order valence-electron chi connectivity index (χ1n) is 9.69. The summed E-state index contributed by atoms with van der Waals surface area (Å²) in [5, 5.41) is 7.41. The Hall–Kier alpha value is -3.35. The van der Waals surface area contributed by atoms with Gasteiger partial charge in [-0.1, -0.05) is 0 Å². The Balaban J connectivity index is 1.71. The first-order chi connectivity index (χ1) is 14.2. The van der Waals surface area contributed by atoms with E-state index in [0.717, 1.165) is 36.1 Å². The minimum Gasteiger partial charge on any atom is -0.497 e. The van der Waals surface area contributed by atoms with E-state index in [4.69, 9.17) is 9.47 Å². The topological polar surface area (TPSA) is 80.3 Å². The number of ether oxygens (including phenoxy) is 2. The van der Waals surface area contributed by atoms with E-state index >= 15 is 0 Å². The zero-order valence-corrected chi connectivity index (χ0v) is 16.6. The van der Waals surface area contributed by atoms with Crippen molar-refractivity contribution in [2.75, 3.05) is 20.8 Å². The fourth-order valence-corrected chi connectivity index (χ4v) is 3.92. The van der Waals surface area contributed by atoms with Gasteiger partial charge in [0.05, 0.1) is 37.7 Å². The van der Waals surface area contributed by atoms with Crippen LogP contribution in [0.1, 0.15) is 41.4 Å². The van der Waals surface area contributed by atoms with E-state index in [9.17, 15) is 4.79 Å². The van der Waals surface area contributed by atoms with E-state index in [1.165, 1.54) is 0 Å². The van der Waals surface area contributed by atoms with Crippen LogP contribution in [0.3, 0.4) is 0 Å². The zero-order valence-electron chi connectivity index (χ0n) is 16.6. The van der Waals surface area contributed by atoms with Gasteiger partial charge in [-0.15, -0.1) is 0 Å². The van der Waals surface area contributed by atoms with Crippen molar-refractivity contribution in [3.8, 4) is 22.6 Å². The third-order valence-electron chi connectivity index (χ3n) is 5.39. The Morgan fingerprint density at radius 1 is 1.14 bits per heavy atom. The molecule has 1 aliphatic heterocycles. The number of methoxy groups -OCH3 is 2. The molecule has 0 saturated carbocycles. The number of aromatic nitrogens is 3. The first kappa shape index (κ1) is 19.0. The molecule has 1 saturated heterocycles. The van der Waals surface area contributed by atoms with Gasteiger partial charge in [0.2, 0.25) is 0 Å². The van der Waals surface area contributed by atoms with Crippen LogP contribution in [0.4, 0.5) is 0 Å². The third-order valence-corrected chi connectivity index (χ3v) is 5.39. The van der Waals surface area contributed by atoms with Crippen LogP contribution >= 0.6 is 0 Å². The van der Waals surface area contributed by atoms with Crippen LogP contribution in [0.2, 0.25) is 0 Å². The summed E-state index contributed by atoms with van der Waals surface area (Å²) < 4.78 is 10.8. The highest BCUT2D eigenvalue weighted by Gasteiger charge is 2.33. The molecule has 1 amide bonds. The molecular weight excluding hydrogens is 368 g/mol. The molecule has 7 heteroatoms. The average Bonchev–Trinajstić information content (AvgIpc) is 3.28. The maximum absolute atomic E-state index is 13.5. The summed E-state index contributed by atoms with van der Waals surface area (Å²) in [4.78, 5) is 19.6. The molecule has 1 aliphatic rings. The molecule has 0 bridgehead atoms. The van der Waals surface area contributed by atoms with Gasteiger partial charge in [0.25, 0.3) is 5.91 Å². The predicted molar refractivity (Wildman–Crippen MR) is 109 cm³/mol. The maximum atomic E-state index is 13.5. The van der Waals surface area contributed by atoms with Crippen LogP contribution in [0, 0.1) is 0 Å². The summed E-state index contributed by atoms with van der Waals surface area (Å²) in [5.41, 5.74) is 3.48. The number of carbonyl (C=O) groups is 1. The highest BCUT2D eigenvalue weighted by atomic mass is 16.5. The van der Waals surface area contributed by atoms with E-state index in [0.29, 0.717) is 23.6 Å². The molecule has 29 heavy (non-hydrogen) atoms. The number of pyridine rings is 1. The molecular formula is C22H24N4O3. The number of carbonyl (C=O) groups excluding carboxylic acids is 1. The van der Waals surface area contributed by atoms with Crippen LogP contribution in [-0.2, 0) is 0 Å². The standard InChI is InChI=1S/C22H24N4O3/c1-28-16-6-7-20(29-2)17(13-16)22(27)26-12-4-3-5-19(26)21-18(14-24-25-21)15-8-10-23-11-9-15/h6-11,13-14,19H,3-5,12H2,1-2H3,(H,24,25). The number of H-pyrrole nitrogens is 1. The number of nitrogens with one attached hydrogen (secondary N) is 1. The van der Waals surface area contributed by atoms with Crippen LogP contribution in [0.15, 0.2) is 48.9 Å². The molecule has 3 heterocycles. The molecule has 7 nitrogen and oxygen atoms in total. The van der Waals surface area contributed by atoms with Crippen LogP contribution in [-0.4, -0.2) is 46.8 Å². The molecule has 1 atom stereocenters. The van der Waals surface area contributed by atoms with Crippen molar-refractivity contribution >= 4 is 5.91 Å². The highest BCUT2D eigenvalue weighted by Crippen LogP contribution is 2.37. The molecule has 1 fully saturated rings. The lowest BCUT2D eigenvalue weighted by molar-refractivity contribution is 0.0603. The van der Waals surface area contributed by atoms with E-state index < -0.39 is 0 Å². The molecule has 4 rings (SSSR count). The van der Waals surface area contributed by atoms with Gasteiger partial charge in [-0.3, -0.25) is 14.9 Å². The third kappa shape index (κ3) is 3.68. The summed E-state index contributed by atoms with van der Waals surface area (Å²) in [7, 11) is 3.16. The minimum absolute atomic E-state index is 0.0688. The summed E-state index contributed by atoms with van der Waals surface area (Å²) in [6, 6.07) is 9.12. The van der Waals surface area contributed by atoms with Gasteiger partial charge in [0.1, 0.15) is 11.5 Å². The van der Waals surface area contributed by atoms with Crippen LogP contribution in [0.25, 0.3) is 11.1 Å². The number of aromatic amines is 1. The number of benzene rings is 1. The normalized spacial score (nSPS) is 16.5. The fraction of sp³-hybridized carbons (Fsp3) is 0.318. The average molecular weight is 392 g/mol. The number of hydrogen-bond acceptors (Lipinski definition) is 5. The lowest BCUT2D eigenvalue weighted by Gasteiger charge is -2.36. The van der Waals surface area contributed by atoms with Crippen LogP contribution < -0.4 is 9.47 Å². The van der Waals surface area contributed by atoms with Gasteiger partial charge < -0.3 is 14.4 Å². The van der Waals surface area contributed by atoms with Gasteiger partial charge in [-0.05, 0) is 55.2 Å². The number of amides is 1. The number of nitrogens with zero attached hydrogens (tertiary/aromatic N) is 3. The van der Waals surface area contributed by atoms with E-state index in [1.54, 1.807) is 44.8 Å². The molecule has 150 valence electrons. The van der Waals surface area contributed by atoms with Gasteiger partial charge >= 0.3 is 0 Å². The van der Waals surface area contributed by atoms with Gasteiger partial charge in [-0.2, -0.15) is 5.10 Å². The van der Waals surface area contributed by atoms with Gasteiger partial charge in [0, 0.05) is 24.5 Å². The fourth-order valence-electron chi connectivity index (χ4n) is 3.92. The first-order valence-corrected chi connectivity index (χ1v) is 9.69. The Morgan fingerprint density at radius 2 is 1.97 bits per heavy atom. The van der Waals surface area contributed by atoms with Crippen molar-refractivity contribution in [3.63, 3.8) is 0 Å². The van der Waals surface area contributed by atoms with E-state index in [2.05, 4.69) is 15.2 Å². The zero-order chi connectivity index (χ0) is 20.2. The van der Waals surface area contributed by atoms with Gasteiger partial charge in [0.15, 0.2) is 0 Å². The molecule has 0 spiro atoms. The molecule has 1 unspecified atom stereocenters. The lowest BCUT2D eigenvalue weighted by atomic mass is 9.94. The number of hydrogen-bond donors (Lipinski definition) is 1. The molecule has 1 aromatic carbocycles. The van der Waals surface area contributed by atoms with Gasteiger partial charge in [-0.25, -0.2) is 0 Å². The summed E-state index contributed by atoms with van der Waals surface area (Å²) in [6.07, 6.45) is 8.23. The van der Waals surface area contributed by atoms with Crippen molar-refractivity contribution in [3.05, 3.63) is 60.2 Å². The summed E-state index contributed by atoms with van der Waals surface area (Å²) in [5.74, 6) is 1.10. The summed E-state index contributed by atoms with van der Waals surface area (Å²) in [6.45, 7) is 0.679. The Bertz CT molecular complexity index is 987. The van der Waals surface area contributed by atoms with Crippen molar-refractivity contribution in [1.29, 1.82) is 0 Å². The second kappa shape index (κ2) is 8.34. The second-order valence-corrected chi connectivity index (χ2v) is 7.01. The molecule has 3 aromatic rings.